The van der Waals surface area contributed by atoms with Crippen LogP contribution in [0, 0.1) is 4.77 Å². The molecular formula is C14H11N3O3S. The van der Waals surface area contributed by atoms with Crippen LogP contribution in [0.5, 0.6) is 0 Å². The van der Waals surface area contributed by atoms with Crippen molar-refractivity contribution in [3.8, 4) is 11.1 Å². The van der Waals surface area contributed by atoms with Gasteiger partial charge in [-0.15, -0.1) is 0 Å². The van der Waals surface area contributed by atoms with Crippen LogP contribution >= 0.6 is 12.2 Å². The summed E-state index contributed by atoms with van der Waals surface area (Å²) in [5.41, 5.74) is 2.02. The predicted octanol–water partition coefficient (Wildman–Crippen LogP) is 2.14. The quantitative estimate of drug-likeness (QED) is 0.646. The van der Waals surface area contributed by atoms with Crippen molar-refractivity contribution >= 4 is 29.2 Å². The normalized spacial score (nSPS) is 10.9. The maximum absolute atomic E-state index is 12.1. The summed E-state index contributed by atoms with van der Waals surface area (Å²) in [6, 6.07) is 9.40. The summed E-state index contributed by atoms with van der Waals surface area (Å²) in [6.45, 7) is -0.295. The van der Waals surface area contributed by atoms with Crippen LogP contribution in [0.3, 0.4) is 0 Å². The largest absolute Gasteiger partial charge is 0.480 e. The van der Waals surface area contributed by atoms with Crippen LogP contribution in [0.15, 0.2) is 41.3 Å². The monoisotopic (exact) mass is 301 g/mol. The molecule has 2 aromatic heterocycles. The van der Waals surface area contributed by atoms with Crippen molar-refractivity contribution in [3.05, 3.63) is 51.7 Å². The molecule has 2 heterocycles. The summed E-state index contributed by atoms with van der Waals surface area (Å²) in [7, 11) is 0. The van der Waals surface area contributed by atoms with Gasteiger partial charge in [0.05, 0.1) is 5.52 Å². The van der Waals surface area contributed by atoms with Crippen molar-refractivity contribution in [1.82, 2.24) is 14.5 Å². The Morgan fingerprint density at radius 1 is 1.24 bits per heavy atom. The molecule has 0 fully saturated rings. The maximum atomic E-state index is 12.1. The fraction of sp³-hybridized carbons (Fsp3) is 0.0714. The zero-order valence-electron chi connectivity index (χ0n) is 10.8. The zero-order chi connectivity index (χ0) is 15.0. The van der Waals surface area contributed by atoms with E-state index in [0.717, 1.165) is 11.1 Å². The van der Waals surface area contributed by atoms with E-state index in [2.05, 4.69) is 9.97 Å². The third kappa shape index (κ3) is 2.38. The summed E-state index contributed by atoms with van der Waals surface area (Å²) in [6.07, 6.45) is 1.65. The summed E-state index contributed by atoms with van der Waals surface area (Å²) in [5, 5.41) is 8.99. The number of hydrogen-bond donors (Lipinski definition) is 3. The number of aliphatic carboxylic acids is 1. The van der Waals surface area contributed by atoms with E-state index in [0.29, 0.717) is 5.52 Å². The second-order valence-electron chi connectivity index (χ2n) is 4.56. The number of rotatable bonds is 3. The van der Waals surface area contributed by atoms with Gasteiger partial charge in [-0.1, -0.05) is 30.3 Å². The van der Waals surface area contributed by atoms with Crippen molar-refractivity contribution in [2.75, 3.05) is 0 Å². The van der Waals surface area contributed by atoms with Gasteiger partial charge < -0.3 is 14.7 Å². The number of aromatic amines is 2. The second-order valence-corrected chi connectivity index (χ2v) is 4.97. The molecule has 3 rings (SSSR count). The molecule has 106 valence electrons. The number of fused-ring (bicyclic) bond motifs is 1. The van der Waals surface area contributed by atoms with Crippen molar-refractivity contribution < 1.29 is 9.90 Å². The van der Waals surface area contributed by atoms with Gasteiger partial charge >= 0.3 is 5.97 Å². The van der Waals surface area contributed by atoms with Crippen LogP contribution in [-0.2, 0) is 11.3 Å². The van der Waals surface area contributed by atoms with Gasteiger partial charge in [-0.3, -0.25) is 14.6 Å². The Morgan fingerprint density at radius 2 is 1.95 bits per heavy atom. The van der Waals surface area contributed by atoms with Gasteiger partial charge in [0.15, 0.2) is 4.77 Å². The van der Waals surface area contributed by atoms with Crippen molar-refractivity contribution in [1.29, 1.82) is 0 Å². The molecule has 7 heteroatoms. The Morgan fingerprint density at radius 3 is 2.62 bits per heavy atom. The van der Waals surface area contributed by atoms with Gasteiger partial charge in [0.2, 0.25) is 0 Å². The summed E-state index contributed by atoms with van der Waals surface area (Å²) >= 11 is 5.00. The molecule has 0 aliphatic carbocycles. The van der Waals surface area contributed by atoms with E-state index in [-0.39, 0.29) is 16.8 Å². The van der Waals surface area contributed by atoms with Crippen molar-refractivity contribution in [2.24, 2.45) is 0 Å². The van der Waals surface area contributed by atoms with Crippen LogP contribution in [0.1, 0.15) is 0 Å². The minimum absolute atomic E-state index is 0.206. The minimum atomic E-state index is -1.02. The highest BCUT2D eigenvalue weighted by Crippen LogP contribution is 2.27. The Hall–Kier alpha value is -2.67. The lowest BCUT2D eigenvalue weighted by atomic mass is 10.1. The van der Waals surface area contributed by atoms with Gasteiger partial charge in [-0.25, -0.2) is 0 Å². The number of hydrogen-bond acceptors (Lipinski definition) is 3. The molecule has 0 radical (unpaired) electrons. The lowest BCUT2D eigenvalue weighted by Crippen LogP contribution is -2.15. The highest BCUT2D eigenvalue weighted by molar-refractivity contribution is 7.71. The summed E-state index contributed by atoms with van der Waals surface area (Å²) < 4.78 is 1.61. The molecule has 6 nitrogen and oxygen atoms in total. The minimum Gasteiger partial charge on any atom is -0.480 e. The Bertz CT molecular complexity index is 937. The molecule has 3 aromatic rings. The lowest BCUT2D eigenvalue weighted by molar-refractivity contribution is -0.137. The average Bonchev–Trinajstić information content (AvgIpc) is 2.77. The van der Waals surface area contributed by atoms with Crippen LogP contribution in [-0.4, -0.2) is 25.6 Å². The smallest absolute Gasteiger partial charge is 0.323 e. The molecule has 0 bridgehead atoms. The number of benzene rings is 1. The van der Waals surface area contributed by atoms with Crippen LogP contribution < -0.4 is 5.56 Å². The molecule has 0 saturated carbocycles. The first-order valence-corrected chi connectivity index (χ1v) is 6.60. The standard InChI is InChI=1S/C14H11N3O3S/c18-10(19)7-17-6-9(8-4-2-1-3-5-8)11-12(17)13(20)16-14(21)15-11/h1-6H,7H2,(H,18,19)(H2,15,16,20,21). The molecule has 3 N–H and O–H groups in total. The molecule has 0 atom stereocenters. The highest BCUT2D eigenvalue weighted by Gasteiger charge is 2.15. The molecule has 0 spiro atoms. The third-order valence-corrected chi connectivity index (χ3v) is 3.35. The van der Waals surface area contributed by atoms with E-state index >= 15 is 0 Å². The van der Waals surface area contributed by atoms with Crippen LogP contribution in [0.4, 0.5) is 0 Å². The fourth-order valence-electron chi connectivity index (χ4n) is 2.34. The van der Waals surface area contributed by atoms with Gasteiger partial charge in [-0.2, -0.15) is 0 Å². The summed E-state index contributed by atoms with van der Waals surface area (Å²) in [4.78, 5) is 28.5. The Labute approximate surface area is 123 Å². The molecule has 0 amide bonds. The zero-order valence-corrected chi connectivity index (χ0v) is 11.6. The third-order valence-electron chi connectivity index (χ3n) is 3.15. The maximum Gasteiger partial charge on any atom is 0.323 e. The average molecular weight is 301 g/mol. The van der Waals surface area contributed by atoms with Crippen molar-refractivity contribution in [2.45, 2.75) is 6.54 Å². The first-order chi connectivity index (χ1) is 10.1. The van der Waals surface area contributed by atoms with E-state index in [1.165, 1.54) is 4.57 Å². The Kier molecular flexibility index (Phi) is 3.19. The predicted molar refractivity (Wildman–Crippen MR) is 80.8 cm³/mol. The number of carboxylic acids is 1. The van der Waals surface area contributed by atoms with Crippen LogP contribution in [0.25, 0.3) is 22.2 Å². The highest BCUT2D eigenvalue weighted by atomic mass is 32.1. The van der Waals surface area contributed by atoms with Gasteiger partial charge in [0.1, 0.15) is 12.1 Å². The molecule has 21 heavy (non-hydrogen) atoms. The number of H-pyrrole nitrogens is 2. The van der Waals surface area contributed by atoms with E-state index in [9.17, 15) is 9.59 Å². The fourth-order valence-corrected chi connectivity index (χ4v) is 2.54. The van der Waals surface area contributed by atoms with Gasteiger partial charge in [0, 0.05) is 11.8 Å². The van der Waals surface area contributed by atoms with Gasteiger partial charge in [0.25, 0.3) is 5.56 Å². The first-order valence-electron chi connectivity index (χ1n) is 6.19. The van der Waals surface area contributed by atoms with Gasteiger partial charge in [-0.05, 0) is 17.8 Å². The number of nitrogens with one attached hydrogen (secondary N) is 2. The lowest BCUT2D eigenvalue weighted by Gasteiger charge is -1.99. The molecule has 0 unspecified atom stereocenters. The van der Waals surface area contributed by atoms with E-state index in [4.69, 9.17) is 17.3 Å². The molecule has 0 saturated heterocycles. The van der Waals surface area contributed by atoms with E-state index in [1.54, 1.807) is 6.20 Å². The van der Waals surface area contributed by atoms with E-state index < -0.39 is 11.5 Å². The van der Waals surface area contributed by atoms with Crippen LogP contribution in [0.2, 0.25) is 0 Å². The summed E-state index contributed by atoms with van der Waals surface area (Å²) in [5.74, 6) is -1.02. The number of aromatic nitrogens is 3. The van der Waals surface area contributed by atoms with E-state index in [1.807, 2.05) is 30.3 Å². The number of carbonyl (C=O) groups is 1. The topological polar surface area (TPSA) is 90.9 Å². The second kappa shape index (κ2) is 5.02. The number of carboxylic acid groups (broad SMARTS) is 1. The molecule has 0 aliphatic rings. The number of nitrogens with zero attached hydrogens (tertiary/aromatic N) is 1. The SMILES string of the molecule is O=C(O)Cn1cc(-c2ccccc2)c2[nH]c(=S)[nH]c(=O)c21. The van der Waals surface area contributed by atoms with Crippen molar-refractivity contribution in [3.63, 3.8) is 0 Å². The first kappa shape index (κ1) is 13.3. The molecular weight excluding hydrogens is 290 g/mol. The Balaban J connectivity index is 2.38. The molecule has 1 aromatic carbocycles. The molecule has 0 aliphatic heterocycles.